The molecule has 0 fully saturated rings. The van der Waals surface area contributed by atoms with Gasteiger partial charge in [-0.15, -0.1) is 0 Å². The van der Waals surface area contributed by atoms with E-state index in [1.54, 1.807) is 11.7 Å². The molecular weight excluding hydrogens is 192 g/mol. The molecule has 0 aliphatic heterocycles. The first kappa shape index (κ1) is 11.8. The minimum atomic E-state index is -0.0178. The number of Topliss-reactive ketones (excluding diaryl/α,β-unsaturated/α-hetero) is 1. The Morgan fingerprint density at radius 2 is 2.40 bits per heavy atom. The fourth-order valence-corrected chi connectivity index (χ4v) is 1.49. The van der Waals surface area contributed by atoms with Crippen LogP contribution in [0, 0.1) is 0 Å². The fraction of sp³-hybridized carbons (Fsp3) is 0.700. The standard InChI is InChI=1S/C10H18N4O/c1-3-4-8(11)5-9(15)6-10-12-7-13-14(10)2/h7-8H,3-6,11H2,1-2H3. The molecule has 15 heavy (non-hydrogen) atoms. The Balaban J connectivity index is 2.40. The van der Waals surface area contributed by atoms with Gasteiger partial charge in [-0.1, -0.05) is 13.3 Å². The molecule has 5 heteroatoms. The Labute approximate surface area is 89.7 Å². The first-order chi connectivity index (χ1) is 7.13. The second-order valence-electron chi connectivity index (χ2n) is 3.77. The Bertz CT molecular complexity index is 321. The van der Waals surface area contributed by atoms with E-state index in [1.165, 1.54) is 6.33 Å². The van der Waals surface area contributed by atoms with Gasteiger partial charge < -0.3 is 5.73 Å². The van der Waals surface area contributed by atoms with Crippen LogP contribution in [0.25, 0.3) is 0 Å². The summed E-state index contributed by atoms with van der Waals surface area (Å²) in [6.45, 7) is 2.06. The maximum Gasteiger partial charge on any atom is 0.142 e. The highest BCUT2D eigenvalue weighted by Crippen LogP contribution is 2.02. The van der Waals surface area contributed by atoms with Gasteiger partial charge in [0.2, 0.25) is 0 Å². The van der Waals surface area contributed by atoms with Crippen molar-refractivity contribution in [2.75, 3.05) is 0 Å². The first-order valence-corrected chi connectivity index (χ1v) is 5.23. The molecule has 0 bridgehead atoms. The number of aromatic nitrogens is 3. The Hall–Kier alpha value is -1.23. The summed E-state index contributed by atoms with van der Waals surface area (Å²) in [7, 11) is 1.78. The lowest BCUT2D eigenvalue weighted by Gasteiger charge is -2.08. The number of nitrogens with zero attached hydrogens (tertiary/aromatic N) is 3. The van der Waals surface area contributed by atoms with Crippen LogP contribution < -0.4 is 5.73 Å². The molecule has 0 aliphatic rings. The summed E-state index contributed by atoms with van der Waals surface area (Å²) < 4.78 is 1.61. The van der Waals surface area contributed by atoms with Gasteiger partial charge in [-0.05, 0) is 6.42 Å². The molecule has 0 radical (unpaired) electrons. The lowest BCUT2D eigenvalue weighted by molar-refractivity contribution is -0.118. The van der Waals surface area contributed by atoms with E-state index in [1.807, 2.05) is 0 Å². The summed E-state index contributed by atoms with van der Waals surface area (Å²) in [4.78, 5) is 15.6. The van der Waals surface area contributed by atoms with Crippen LogP contribution in [0.5, 0.6) is 0 Å². The van der Waals surface area contributed by atoms with Crippen molar-refractivity contribution in [2.24, 2.45) is 12.8 Å². The molecule has 1 unspecified atom stereocenters. The molecule has 0 saturated carbocycles. The van der Waals surface area contributed by atoms with Crippen LogP contribution in [0.2, 0.25) is 0 Å². The largest absolute Gasteiger partial charge is 0.327 e. The van der Waals surface area contributed by atoms with Crippen molar-refractivity contribution in [3.8, 4) is 0 Å². The van der Waals surface area contributed by atoms with Crippen molar-refractivity contribution in [3.63, 3.8) is 0 Å². The van der Waals surface area contributed by atoms with Crippen LogP contribution in [0.4, 0.5) is 0 Å². The number of rotatable bonds is 6. The molecule has 84 valence electrons. The molecule has 2 N–H and O–H groups in total. The van der Waals surface area contributed by atoms with E-state index in [2.05, 4.69) is 17.0 Å². The van der Waals surface area contributed by atoms with Crippen molar-refractivity contribution >= 4 is 5.78 Å². The van der Waals surface area contributed by atoms with Gasteiger partial charge in [0.1, 0.15) is 17.9 Å². The predicted molar refractivity (Wildman–Crippen MR) is 57.2 cm³/mol. The van der Waals surface area contributed by atoms with E-state index in [0.717, 1.165) is 12.8 Å². The smallest absolute Gasteiger partial charge is 0.142 e. The molecular formula is C10H18N4O. The topological polar surface area (TPSA) is 73.8 Å². The van der Waals surface area contributed by atoms with Gasteiger partial charge >= 0.3 is 0 Å². The quantitative estimate of drug-likeness (QED) is 0.739. The van der Waals surface area contributed by atoms with E-state index < -0.39 is 0 Å². The number of hydrogen-bond donors (Lipinski definition) is 1. The molecule has 0 spiro atoms. The molecule has 0 aliphatic carbocycles. The Kier molecular flexibility index (Phi) is 4.42. The molecule has 0 saturated heterocycles. The number of nitrogens with two attached hydrogens (primary N) is 1. The minimum Gasteiger partial charge on any atom is -0.327 e. The van der Waals surface area contributed by atoms with Gasteiger partial charge in [0.25, 0.3) is 0 Å². The highest BCUT2D eigenvalue weighted by Gasteiger charge is 2.12. The van der Waals surface area contributed by atoms with Crippen LogP contribution in [-0.2, 0) is 18.3 Å². The van der Waals surface area contributed by atoms with E-state index in [0.29, 0.717) is 18.7 Å². The third-order valence-electron chi connectivity index (χ3n) is 2.31. The molecule has 1 atom stereocenters. The number of carbonyl (C=O) groups is 1. The minimum absolute atomic E-state index is 0.0178. The van der Waals surface area contributed by atoms with Crippen molar-refractivity contribution in [1.29, 1.82) is 0 Å². The summed E-state index contributed by atoms with van der Waals surface area (Å²) >= 11 is 0. The molecule has 5 nitrogen and oxygen atoms in total. The summed E-state index contributed by atoms with van der Waals surface area (Å²) in [5.74, 6) is 0.829. The van der Waals surface area contributed by atoms with Gasteiger partial charge in [-0.2, -0.15) is 5.10 Å². The summed E-state index contributed by atoms with van der Waals surface area (Å²) in [5.41, 5.74) is 5.79. The van der Waals surface area contributed by atoms with Crippen molar-refractivity contribution < 1.29 is 4.79 Å². The van der Waals surface area contributed by atoms with E-state index in [4.69, 9.17) is 5.73 Å². The van der Waals surface area contributed by atoms with Gasteiger partial charge in [0.15, 0.2) is 0 Å². The Morgan fingerprint density at radius 3 is 2.93 bits per heavy atom. The molecule has 0 amide bonds. The van der Waals surface area contributed by atoms with Crippen LogP contribution in [0.1, 0.15) is 32.0 Å². The van der Waals surface area contributed by atoms with Crippen molar-refractivity contribution in [2.45, 2.75) is 38.6 Å². The van der Waals surface area contributed by atoms with Crippen molar-refractivity contribution in [1.82, 2.24) is 14.8 Å². The number of hydrogen-bond acceptors (Lipinski definition) is 4. The normalized spacial score (nSPS) is 12.7. The zero-order valence-corrected chi connectivity index (χ0v) is 9.31. The second kappa shape index (κ2) is 5.60. The molecule has 1 rings (SSSR count). The lowest BCUT2D eigenvalue weighted by Crippen LogP contribution is -2.24. The average Bonchev–Trinajstić information content (AvgIpc) is 2.52. The first-order valence-electron chi connectivity index (χ1n) is 5.23. The van der Waals surface area contributed by atoms with E-state index in [9.17, 15) is 4.79 Å². The predicted octanol–water partition coefficient (Wildman–Crippen LogP) is 0.444. The molecule has 1 heterocycles. The van der Waals surface area contributed by atoms with Crippen LogP contribution in [0.3, 0.4) is 0 Å². The molecule has 0 aromatic carbocycles. The number of ketones is 1. The zero-order valence-electron chi connectivity index (χ0n) is 9.31. The Morgan fingerprint density at radius 1 is 1.67 bits per heavy atom. The molecule has 1 aromatic heterocycles. The van der Waals surface area contributed by atoms with Crippen LogP contribution >= 0.6 is 0 Å². The van der Waals surface area contributed by atoms with Gasteiger partial charge in [-0.25, -0.2) is 4.98 Å². The maximum atomic E-state index is 11.6. The SMILES string of the molecule is CCCC(N)CC(=O)Cc1ncnn1C. The lowest BCUT2D eigenvalue weighted by atomic mass is 10.0. The summed E-state index contributed by atoms with van der Waals surface area (Å²) in [6.07, 6.45) is 4.12. The van der Waals surface area contributed by atoms with Gasteiger partial charge in [0.05, 0.1) is 6.42 Å². The third kappa shape index (κ3) is 3.79. The van der Waals surface area contributed by atoms with Gasteiger partial charge in [0, 0.05) is 19.5 Å². The monoisotopic (exact) mass is 210 g/mol. The van der Waals surface area contributed by atoms with Crippen molar-refractivity contribution in [3.05, 3.63) is 12.2 Å². The van der Waals surface area contributed by atoms with Crippen LogP contribution in [-0.4, -0.2) is 26.6 Å². The van der Waals surface area contributed by atoms with Crippen LogP contribution in [0.15, 0.2) is 6.33 Å². The number of carbonyl (C=O) groups excluding carboxylic acids is 1. The average molecular weight is 210 g/mol. The third-order valence-corrected chi connectivity index (χ3v) is 2.31. The maximum absolute atomic E-state index is 11.6. The highest BCUT2D eigenvalue weighted by atomic mass is 16.1. The second-order valence-corrected chi connectivity index (χ2v) is 3.77. The van der Waals surface area contributed by atoms with Gasteiger partial charge in [-0.3, -0.25) is 9.48 Å². The summed E-state index contributed by atoms with van der Waals surface area (Å²) in [6, 6.07) is -0.0178. The molecule has 1 aromatic rings. The van der Waals surface area contributed by atoms with E-state index >= 15 is 0 Å². The zero-order chi connectivity index (χ0) is 11.3. The fourth-order valence-electron chi connectivity index (χ4n) is 1.49. The van der Waals surface area contributed by atoms with E-state index in [-0.39, 0.29) is 11.8 Å². The summed E-state index contributed by atoms with van der Waals surface area (Å²) in [5, 5.41) is 3.91. The highest BCUT2D eigenvalue weighted by molar-refractivity contribution is 5.80. The number of aryl methyl sites for hydroxylation is 1.